The summed E-state index contributed by atoms with van der Waals surface area (Å²) in [5.41, 5.74) is 3.30. The summed E-state index contributed by atoms with van der Waals surface area (Å²) < 4.78 is 5.75. The Bertz CT molecular complexity index is 903. The van der Waals surface area contributed by atoms with Crippen molar-refractivity contribution in [2.45, 2.75) is 19.8 Å². The molecule has 6 heteroatoms. The van der Waals surface area contributed by atoms with Crippen molar-refractivity contribution >= 4 is 11.9 Å². The molecule has 4 bridgehead atoms. The summed E-state index contributed by atoms with van der Waals surface area (Å²) in [5, 5.41) is 9.38. The van der Waals surface area contributed by atoms with E-state index >= 15 is 0 Å². The largest absolute Gasteiger partial charge is 0.494 e. The minimum Gasteiger partial charge on any atom is -0.494 e. The summed E-state index contributed by atoms with van der Waals surface area (Å²) in [5.74, 6) is 0.907. The highest BCUT2D eigenvalue weighted by molar-refractivity contribution is 6.05. The Morgan fingerprint density at radius 1 is 0.935 bits per heavy atom. The zero-order valence-electron chi connectivity index (χ0n) is 18.3. The molecule has 4 aliphatic rings. The van der Waals surface area contributed by atoms with Gasteiger partial charge in [-0.15, -0.1) is 0 Å². The lowest BCUT2D eigenvalue weighted by Crippen LogP contribution is -2.74. The van der Waals surface area contributed by atoms with Gasteiger partial charge in [-0.2, -0.15) is 10.2 Å². The third kappa shape index (κ3) is 4.42. The fraction of sp³-hybridized carbons (Fsp3) is 0.440. The smallest absolute Gasteiger partial charge is 0.119 e. The van der Waals surface area contributed by atoms with Gasteiger partial charge in [0.1, 0.15) is 5.75 Å². The fourth-order valence-corrected chi connectivity index (χ4v) is 5.15. The predicted octanol–water partition coefficient (Wildman–Crippen LogP) is 3.49. The molecule has 0 spiro atoms. The molecule has 4 heterocycles. The van der Waals surface area contributed by atoms with Crippen LogP contribution in [-0.2, 0) is 0 Å². The first-order valence-corrected chi connectivity index (χ1v) is 11.3. The average Bonchev–Trinajstić information content (AvgIpc) is 2.77. The van der Waals surface area contributed by atoms with Gasteiger partial charge in [-0.3, -0.25) is 14.7 Å². The van der Waals surface area contributed by atoms with Crippen LogP contribution in [0.4, 0.5) is 0 Å². The molecule has 2 aromatic rings. The van der Waals surface area contributed by atoms with Crippen molar-refractivity contribution in [3.05, 3.63) is 65.7 Å². The Kier molecular flexibility index (Phi) is 5.85. The minimum atomic E-state index is 0.00438. The zero-order chi connectivity index (χ0) is 21.1. The lowest BCUT2D eigenvalue weighted by atomic mass is 9.74. The molecular weight excluding hydrogens is 386 g/mol. The summed E-state index contributed by atoms with van der Waals surface area (Å²) in [6.07, 6.45) is 4.07. The average molecular weight is 418 g/mol. The van der Waals surface area contributed by atoms with Gasteiger partial charge in [0.15, 0.2) is 0 Å². The molecule has 4 aliphatic heterocycles. The summed E-state index contributed by atoms with van der Waals surface area (Å²) >= 11 is 0. The van der Waals surface area contributed by atoms with E-state index in [1.165, 1.54) is 5.56 Å². The Hall–Kier alpha value is -2.54. The van der Waals surface area contributed by atoms with Gasteiger partial charge in [-0.25, -0.2) is 0 Å². The molecular formula is C25H31N5O. The number of rotatable bonds is 8. The van der Waals surface area contributed by atoms with Gasteiger partial charge >= 0.3 is 0 Å². The molecule has 31 heavy (non-hydrogen) atoms. The van der Waals surface area contributed by atoms with Gasteiger partial charge in [0.2, 0.25) is 0 Å². The van der Waals surface area contributed by atoms with Crippen LogP contribution in [0.3, 0.4) is 0 Å². The lowest BCUT2D eigenvalue weighted by Gasteiger charge is -2.60. The molecule has 0 radical (unpaired) electrons. The monoisotopic (exact) mass is 417 g/mol. The number of hydrogen-bond acceptors (Lipinski definition) is 6. The Balaban J connectivity index is 1.38. The molecule has 4 saturated heterocycles. The van der Waals surface area contributed by atoms with Crippen molar-refractivity contribution in [1.82, 2.24) is 14.7 Å². The summed E-state index contributed by atoms with van der Waals surface area (Å²) in [6, 6.07) is 18.7. The maximum absolute atomic E-state index is 5.75. The molecule has 6 nitrogen and oxygen atoms in total. The van der Waals surface area contributed by atoms with E-state index in [1.807, 2.05) is 30.5 Å². The van der Waals surface area contributed by atoms with Crippen LogP contribution in [0.2, 0.25) is 0 Å². The van der Waals surface area contributed by atoms with Crippen LogP contribution in [0, 0.1) is 5.41 Å². The molecule has 0 unspecified atom stereocenters. The zero-order valence-corrected chi connectivity index (χ0v) is 18.3. The van der Waals surface area contributed by atoms with Gasteiger partial charge in [0.25, 0.3) is 0 Å². The normalized spacial score (nSPS) is 29.6. The van der Waals surface area contributed by atoms with Crippen molar-refractivity contribution in [1.29, 1.82) is 0 Å². The first-order chi connectivity index (χ1) is 15.2. The van der Waals surface area contributed by atoms with Crippen LogP contribution in [0.15, 0.2) is 64.8 Å². The van der Waals surface area contributed by atoms with Crippen molar-refractivity contribution in [3.63, 3.8) is 0 Å². The maximum atomic E-state index is 5.75. The second-order valence-corrected chi connectivity index (χ2v) is 9.02. The van der Waals surface area contributed by atoms with Crippen LogP contribution < -0.4 is 4.74 Å². The highest BCUT2D eigenvalue weighted by Gasteiger charge is 2.51. The summed E-state index contributed by atoms with van der Waals surface area (Å²) in [4.78, 5) is 7.57. The van der Waals surface area contributed by atoms with Crippen molar-refractivity contribution in [3.8, 4) is 5.75 Å². The number of ether oxygens (including phenoxy) is 1. The molecule has 0 saturated carbocycles. The van der Waals surface area contributed by atoms with Gasteiger partial charge in [-0.05, 0) is 41.8 Å². The van der Waals surface area contributed by atoms with E-state index in [2.05, 4.69) is 57.1 Å². The first kappa shape index (κ1) is 20.4. The Morgan fingerprint density at radius 2 is 1.58 bits per heavy atom. The quantitative estimate of drug-likeness (QED) is 0.375. The second-order valence-electron chi connectivity index (χ2n) is 9.02. The van der Waals surface area contributed by atoms with E-state index in [9.17, 15) is 0 Å². The third-order valence-corrected chi connectivity index (χ3v) is 6.34. The standard InChI is InChI=1S/C25H31N5O/c1-2-3-13-31-23-11-9-21(10-12-23)14-26-27-24(22-7-5-4-6-8-22)25-15-28-18-29(16-25)20-30(17-25)19-28/h4-12,14H,2-3,13,15-20H2,1H3/b26-14-,27-24+. The second kappa shape index (κ2) is 8.91. The molecule has 0 atom stereocenters. The molecule has 0 aliphatic carbocycles. The number of hydrogen-bond donors (Lipinski definition) is 0. The Morgan fingerprint density at radius 3 is 2.19 bits per heavy atom. The van der Waals surface area contributed by atoms with Gasteiger partial charge in [-0.1, -0.05) is 43.7 Å². The molecule has 4 fully saturated rings. The topological polar surface area (TPSA) is 43.7 Å². The number of nitrogens with zero attached hydrogens (tertiary/aromatic N) is 5. The number of benzene rings is 2. The van der Waals surface area contributed by atoms with Crippen molar-refractivity contribution in [2.75, 3.05) is 46.2 Å². The highest BCUT2D eigenvalue weighted by atomic mass is 16.5. The van der Waals surface area contributed by atoms with E-state index in [-0.39, 0.29) is 5.41 Å². The predicted molar refractivity (Wildman–Crippen MR) is 125 cm³/mol. The van der Waals surface area contributed by atoms with Crippen LogP contribution in [0.1, 0.15) is 30.9 Å². The first-order valence-electron chi connectivity index (χ1n) is 11.3. The van der Waals surface area contributed by atoms with Gasteiger partial charge in [0, 0.05) is 19.6 Å². The van der Waals surface area contributed by atoms with Crippen LogP contribution >= 0.6 is 0 Å². The summed E-state index contributed by atoms with van der Waals surface area (Å²) in [7, 11) is 0. The van der Waals surface area contributed by atoms with Crippen LogP contribution in [0.5, 0.6) is 5.75 Å². The van der Waals surface area contributed by atoms with E-state index in [4.69, 9.17) is 9.84 Å². The number of unbranched alkanes of at least 4 members (excludes halogenated alkanes) is 1. The van der Waals surface area contributed by atoms with E-state index in [0.29, 0.717) is 0 Å². The van der Waals surface area contributed by atoms with Gasteiger partial charge in [0.05, 0.1) is 44.0 Å². The molecule has 2 aromatic carbocycles. The van der Waals surface area contributed by atoms with Gasteiger partial charge < -0.3 is 4.74 Å². The fourth-order valence-electron chi connectivity index (χ4n) is 5.15. The molecule has 162 valence electrons. The minimum absolute atomic E-state index is 0.00438. The van der Waals surface area contributed by atoms with Crippen LogP contribution in [-0.4, -0.2) is 72.9 Å². The molecule has 0 aromatic heterocycles. The Labute approximate surface area is 184 Å². The molecule has 0 amide bonds. The van der Waals surface area contributed by atoms with E-state index < -0.39 is 0 Å². The van der Waals surface area contributed by atoms with E-state index in [1.54, 1.807) is 0 Å². The molecule has 0 N–H and O–H groups in total. The highest BCUT2D eigenvalue weighted by Crippen LogP contribution is 2.38. The maximum Gasteiger partial charge on any atom is 0.119 e. The van der Waals surface area contributed by atoms with Crippen molar-refractivity contribution < 1.29 is 4.74 Å². The summed E-state index contributed by atoms with van der Waals surface area (Å²) in [6.45, 7) is 9.28. The van der Waals surface area contributed by atoms with Crippen LogP contribution in [0.25, 0.3) is 0 Å². The third-order valence-electron chi connectivity index (χ3n) is 6.34. The molecule has 6 rings (SSSR count). The SMILES string of the molecule is CCCCOc1ccc(/C=N\N=C(/c2ccccc2)C23CN4CN(CN(C4)C2)C3)cc1. The lowest BCUT2D eigenvalue weighted by molar-refractivity contribution is -0.149. The van der Waals surface area contributed by atoms with E-state index in [0.717, 1.165) is 76.1 Å². The van der Waals surface area contributed by atoms with Crippen molar-refractivity contribution in [2.24, 2.45) is 15.6 Å².